The molecule has 2 aliphatic heterocycles. The van der Waals surface area contributed by atoms with Crippen molar-refractivity contribution in [2.75, 3.05) is 24.6 Å². The number of hydrogen-bond donors (Lipinski definition) is 4. The van der Waals surface area contributed by atoms with E-state index in [1.165, 1.54) is 12.1 Å². The van der Waals surface area contributed by atoms with E-state index in [1.54, 1.807) is 43.5 Å². The van der Waals surface area contributed by atoms with Gasteiger partial charge in [-0.3, -0.25) is 29.7 Å². The number of benzene rings is 3. The molecular formula is C28H25N5O5. The maximum absolute atomic E-state index is 13.7. The van der Waals surface area contributed by atoms with Gasteiger partial charge in [-0.05, 0) is 30.2 Å². The van der Waals surface area contributed by atoms with E-state index in [-0.39, 0.29) is 64.0 Å². The summed E-state index contributed by atoms with van der Waals surface area (Å²) in [5.41, 5.74) is 14.9. The summed E-state index contributed by atoms with van der Waals surface area (Å²) in [4.78, 5) is 45.6. The Balaban J connectivity index is 1.52. The highest BCUT2D eigenvalue weighted by atomic mass is 16.6. The van der Waals surface area contributed by atoms with Crippen LogP contribution in [0.4, 0.5) is 11.4 Å². The fraction of sp³-hybridized carbons (Fsp3) is 0.179. The molecule has 38 heavy (non-hydrogen) atoms. The Morgan fingerprint density at radius 1 is 1.08 bits per heavy atom. The molecule has 3 aromatic rings. The van der Waals surface area contributed by atoms with Crippen molar-refractivity contribution in [2.45, 2.75) is 19.8 Å². The summed E-state index contributed by atoms with van der Waals surface area (Å²) < 4.78 is 5.09. The standard InChI is InChI=1S/C28H25N5O5/c1-2-38-21(34)13-33-27(31)22-20(29)10-19(24(30)23(22)28(33)37)26(36)18-6-4-3-5-17(18)25(35)14-7-8-15-11-32-12-16(15)9-14/h3-11,21,31,34H,2,12-13,29-30H2,1H3. The zero-order valence-electron chi connectivity index (χ0n) is 20.5. The summed E-state index contributed by atoms with van der Waals surface area (Å²) in [7, 11) is 0. The fourth-order valence-electron chi connectivity index (χ4n) is 4.76. The smallest absolute Gasteiger partial charge is 0.262 e. The van der Waals surface area contributed by atoms with E-state index < -0.39 is 18.0 Å². The van der Waals surface area contributed by atoms with Gasteiger partial charge in [-0.25, -0.2) is 0 Å². The number of ether oxygens (including phenoxy) is 1. The van der Waals surface area contributed by atoms with Crippen molar-refractivity contribution in [3.8, 4) is 0 Å². The number of fused-ring (bicyclic) bond motifs is 2. The molecule has 192 valence electrons. The Morgan fingerprint density at radius 2 is 1.79 bits per heavy atom. The summed E-state index contributed by atoms with van der Waals surface area (Å²) in [6, 6.07) is 13.0. The average Bonchev–Trinajstić information content (AvgIpc) is 3.48. The van der Waals surface area contributed by atoms with Gasteiger partial charge in [0, 0.05) is 40.8 Å². The molecule has 1 amide bonds. The molecule has 10 nitrogen and oxygen atoms in total. The van der Waals surface area contributed by atoms with Crippen molar-refractivity contribution >= 4 is 40.9 Å². The second-order valence-corrected chi connectivity index (χ2v) is 8.94. The first-order valence-corrected chi connectivity index (χ1v) is 12.0. The number of aliphatic hydroxyl groups excluding tert-OH is 1. The van der Waals surface area contributed by atoms with Gasteiger partial charge in [0.15, 0.2) is 17.9 Å². The lowest BCUT2D eigenvalue weighted by atomic mass is 9.90. The molecule has 3 aromatic carbocycles. The van der Waals surface area contributed by atoms with Gasteiger partial charge in [0.2, 0.25) is 0 Å². The molecule has 6 N–H and O–H groups in total. The van der Waals surface area contributed by atoms with Crippen LogP contribution in [-0.4, -0.2) is 59.0 Å². The molecule has 2 heterocycles. The van der Waals surface area contributed by atoms with Gasteiger partial charge in [-0.2, -0.15) is 0 Å². The van der Waals surface area contributed by atoms with Crippen LogP contribution in [0.5, 0.6) is 0 Å². The average molecular weight is 512 g/mol. The number of carbonyl (C=O) groups is 3. The highest BCUT2D eigenvalue weighted by Crippen LogP contribution is 2.36. The molecule has 2 aliphatic rings. The monoisotopic (exact) mass is 511 g/mol. The van der Waals surface area contributed by atoms with Crippen LogP contribution in [-0.2, 0) is 11.3 Å². The van der Waals surface area contributed by atoms with E-state index in [4.69, 9.17) is 21.6 Å². The van der Waals surface area contributed by atoms with Gasteiger partial charge in [0.05, 0.1) is 29.9 Å². The Kier molecular flexibility index (Phi) is 6.35. The zero-order chi connectivity index (χ0) is 27.1. The third-order valence-electron chi connectivity index (χ3n) is 6.62. The molecule has 0 saturated carbocycles. The molecule has 0 spiro atoms. The number of rotatable bonds is 8. The lowest BCUT2D eigenvalue weighted by molar-refractivity contribution is -0.0988. The number of hydrogen-bond acceptors (Lipinski definition) is 9. The van der Waals surface area contributed by atoms with Crippen molar-refractivity contribution in [3.63, 3.8) is 0 Å². The van der Waals surface area contributed by atoms with Crippen molar-refractivity contribution in [1.82, 2.24) is 4.90 Å². The highest BCUT2D eigenvalue weighted by Gasteiger charge is 2.39. The first-order valence-electron chi connectivity index (χ1n) is 12.0. The minimum Gasteiger partial charge on any atom is -0.398 e. The summed E-state index contributed by atoms with van der Waals surface area (Å²) >= 11 is 0. The Labute approximate surface area is 218 Å². The van der Waals surface area contributed by atoms with Gasteiger partial charge in [0.25, 0.3) is 5.91 Å². The van der Waals surface area contributed by atoms with E-state index in [9.17, 15) is 19.5 Å². The van der Waals surface area contributed by atoms with E-state index in [1.807, 2.05) is 6.07 Å². The van der Waals surface area contributed by atoms with Gasteiger partial charge in [-0.15, -0.1) is 0 Å². The molecule has 0 saturated heterocycles. The highest BCUT2D eigenvalue weighted by molar-refractivity contribution is 6.29. The minimum absolute atomic E-state index is 0.00623. The summed E-state index contributed by atoms with van der Waals surface area (Å²) in [5.74, 6) is -1.85. The molecule has 1 unspecified atom stereocenters. The molecular weight excluding hydrogens is 486 g/mol. The Bertz CT molecular complexity index is 1560. The number of carbonyl (C=O) groups excluding carboxylic acids is 3. The van der Waals surface area contributed by atoms with Crippen molar-refractivity contribution < 1.29 is 24.2 Å². The number of anilines is 2. The molecule has 0 aromatic heterocycles. The maximum Gasteiger partial charge on any atom is 0.262 e. The third-order valence-corrected chi connectivity index (χ3v) is 6.62. The van der Waals surface area contributed by atoms with Crippen LogP contribution < -0.4 is 11.5 Å². The van der Waals surface area contributed by atoms with Crippen LogP contribution in [0, 0.1) is 5.41 Å². The number of aliphatic hydroxyl groups is 1. The maximum atomic E-state index is 13.7. The predicted molar refractivity (Wildman–Crippen MR) is 142 cm³/mol. The van der Waals surface area contributed by atoms with E-state index in [0.717, 1.165) is 16.0 Å². The lowest BCUT2D eigenvalue weighted by Gasteiger charge is -2.19. The SMILES string of the molecule is CCOC(O)CN1C(=N)c2c(N)cc(C(=O)c3ccccc3C(=O)c3ccc4c(c3)CN=C4)c(N)c2C1=O. The van der Waals surface area contributed by atoms with Crippen LogP contribution in [0.3, 0.4) is 0 Å². The van der Waals surface area contributed by atoms with Crippen molar-refractivity contribution in [1.29, 1.82) is 5.41 Å². The third kappa shape index (κ3) is 4.05. The first-order chi connectivity index (χ1) is 18.2. The second kappa shape index (κ2) is 9.66. The summed E-state index contributed by atoms with van der Waals surface area (Å²) in [5, 5.41) is 18.4. The Hall–Kier alpha value is -4.67. The topological polar surface area (TPSA) is 172 Å². The number of nitrogens with two attached hydrogens (primary N) is 2. The van der Waals surface area contributed by atoms with E-state index in [0.29, 0.717) is 12.1 Å². The summed E-state index contributed by atoms with van der Waals surface area (Å²) in [6.07, 6.45) is 0.438. The van der Waals surface area contributed by atoms with Crippen LogP contribution in [0.25, 0.3) is 0 Å². The van der Waals surface area contributed by atoms with Gasteiger partial charge < -0.3 is 21.3 Å². The number of amidine groups is 1. The number of nitrogens with one attached hydrogen (secondary N) is 1. The summed E-state index contributed by atoms with van der Waals surface area (Å²) in [6.45, 7) is 2.09. The van der Waals surface area contributed by atoms with Gasteiger partial charge in [0.1, 0.15) is 5.84 Å². The normalized spacial score (nSPS) is 14.5. The molecule has 5 rings (SSSR count). The van der Waals surface area contributed by atoms with Crippen molar-refractivity contribution in [3.05, 3.63) is 93.0 Å². The van der Waals surface area contributed by atoms with Gasteiger partial charge in [-0.1, -0.05) is 36.4 Å². The largest absolute Gasteiger partial charge is 0.398 e. The van der Waals surface area contributed by atoms with Crippen LogP contribution in [0.1, 0.15) is 65.8 Å². The van der Waals surface area contributed by atoms with Crippen LogP contribution in [0.2, 0.25) is 0 Å². The number of ketones is 2. The van der Waals surface area contributed by atoms with E-state index in [2.05, 4.69) is 4.99 Å². The molecule has 0 aliphatic carbocycles. The minimum atomic E-state index is -1.31. The lowest BCUT2D eigenvalue weighted by Crippen LogP contribution is -2.38. The number of nitrogen functional groups attached to an aromatic ring is 2. The van der Waals surface area contributed by atoms with E-state index >= 15 is 0 Å². The number of β-amino-alcohol motifs (C(OH)–C–C–N with tert-alkyl or cyclic N) is 1. The molecule has 10 heteroatoms. The fourth-order valence-corrected chi connectivity index (χ4v) is 4.76. The zero-order valence-corrected chi connectivity index (χ0v) is 20.5. The number of aliphatic imine (C=N–C) groups is 1. The Morgan fingerprint density at radius 3 is 2.50 bits per heavy atom. The van der Waals surface area contributed by atoms with Gasteiger partial charge >= 0.3 is 0 Å². The van der Waals surface area contributed by atoms with Crippen molar-refractivity contribution in [2.24, 2.45) is 4.99 Å². The predicted octanol–water partition coefficient (Wildman–Crippen LogP) is 2.38. The first kappa shape index (κ1) is 25.0. The van der Waals surface area contributed by atoms with Crippen LogP contribution >= 0.6 is 0 Å². The number of amides is 1. The molecule has 1 atom stereocenters. The number of nitrogens with zero attached hydrogens (tertiary/aromatic N) is 2. The quantitative estimate of drug-likeness (QED) is 0.204. The molecule has 0 fully saturated rings. The second-order valence-electron chi connectivity index (χ2n) is 8.94. The molecule has 0 radical (unpaired) electrons. The molecule has 0 bridgehead atoms. The van der Waals surface area contributed by atoms with Crippen LogP contribution in [0.15, 0.2) is 53.5 Å².